The first-order valence-corrected chi connectivity index (χ1v) is 6.54. The predicted molar refractivity (Wildman–Crippen MR) is 64.1 cm³/mol. The van der Waals surface area contributed by atoms with Crippen molar-refractivity contribution >= 4 is 27.3 Å². The molecule has 84 valence electrons. The van der Waals surface area contributed by atoms with Gasteiger partial charge >= 0.3 is 0 Å². The largest absolute Gasteiger partial charge is 0.396 e. The second-order valence-electron chi connectivity index (χ2n) is 3.99. The van der Waals surface area contributed by atoms with Gasteiger partial charge in [-0.2, -0.15) is 0 Å². The monoisotopic (exact) mass is 291 g/mol. The van der Waals surface area contributed by atoms with Gasteiger partial charge in [0.1, 0.15) is 0 Å². The maximum absolute atomic E-state index is 9.21. The summed E-state index contributed by atoms with van der Waals surface area (Å²) < 4.78 is 6.26. The van der Waals surface area contributed by atoms with E-state index in [2.05, 4.69) is 32.7 Å². The van der Waals surface area contributed by atoms with E-state index in [1.165, 1.54) is 4.88 Å². The molecule has 0 aliphatic carbocycles. The number of hydrogen-bond acceptors (Lipinski definition) is 4. The second-order valence-corrected chi connectivity index (χ2v) is 5.90. The Morgan fingerprint density at radius 3 is 2.87 bits per heavy atom. The fourth-order valence-corrected chi connectivity index (χ4v) is 2.96. The van der Waals surface area contributed by atoms with Gasteiger partial charge in [-0.3, -0.25) is 0 Å². The number of ether oxygens (including phenoxy) is 1. The van der Waals surface area contributed by atoms with E-state index < -0.39 is 0 Å². The fraction of sp³-hybridized carbons (Fsp3) is 0.600. The number of aliphatic hydroxyl groups is 1. The summed E-state index contributed by atoms with van der Waals surface area (Å²) >= 11 is 5.15. The van der Waals surface area contributed by atoms with E-state index in [0.717, 1.165) is 17.6 Å². The minimum atomic E-state index is -0.0332. The van der Waals surface area contributed by atoms with Crippen molar-refractivity contribution in [2.75, 3.05) is 26.4 Å². The summed E-state index contributed by atoms with van der Waals surface area (Å²) in [6.07, 6.45) is 0. The Morgan fingerprint density at radius 1 is 1.60 bits per heavy atom. The van der Waals surface area contributed by atoms with E-state index in [-0.39, 0.29) is 12.0 Å². The average molecular weight is 292 g/mol. The highest BCUT2D eigenvalue weighted by atomic mass is 79.9. The van der Waals surface area contributed by atoms with Crippen LogP contribution in [-0.4, -0.2) is 31.5 Å². The second kappa shape index (κ2) is 4.93. The third-order valence-corrected chi connectivity index (χ3v) is 4.27. The SMILES string of the molecule is OCC1(CNCc2cc(Br)cs2)COC1. The van der Waals surface area contributed by atoms with Crippen molar-refractivity contribution in [1.82, 2.24) is 5.32 Å². The zero-order chi connectivity index (χ0) is 10.7. The molecule has 0 aromatic carbocycles. The van der Waals surface area contributed by atoms with Gasteiger partial charge in [0.15, 0.2) is 0 Å². The molecule has 0 bridgehead atoms. The number of rotatable bonds is 5. The molecule has 0 saturated carbocycles. The Kier molecular flexibility index (Phi) is 3.79. The van der Waals surface area contributed by atoms with Crippen molar-refractivity contribution in [3.05, 3.63) is 20.8 Å². The highest BCUT2D eigenvalue weighted by Gasteiger charge is 2.37. The number of aliphatic hydroxyl groups excluding tert-OH is 1. The molecule has 2 N–H and O–H groups in total. The Balaban J connectivity index is 1.74. The summed E-state index contributed by atoms with van der Waals surface area (Å²) in [6.45, 7) is 3.22. The Hall–Kier alpha value is 0.0600. The summed E-state index contributed by atoms with van der Waals surface area (Å²) in [7, 11) is 0. The van der Waals surface area contributed by atoms with Crippen molar-refractivity contribution < 1.29 is 9.84 Å². The smallest absolute Gasteiger partial charge is 0.0579 e. The fourth-order valence-electron chi connectivity index (χ4n) is 1.54. The molecule has 1 fully saturated rings. The molecule has 3 nitrogen and oxygen atoms in total. The molecule has 1 aromatic rings. The van der Waals surface area contributed by atoms with Gasteiger partial charge in [-0.1, -0.05) is 0 Å². The Labute approximate surface area is 102 Å². The predicted octanol–water partition coefficient (Wildman–Crippen LogP) is 1.61. The number of halogens is 1. The van der Waals surface area contributed by atoms with Crippen LogP contribution in [-0.2, 0) is 11.3 Å². The topological polar surface area (TPSA) is 41.5 Å². The molecule has 0 atom stereocenters. The van der Waals surface area contributed by atoms with Crippen molar-refractivity contribution in [2.45, 2.75) is 6.54 Å². The van der Waals surface area contributed by atoms with Gasteiger partial charge in [0.2, 0.25) is 0 Å². The highest BCUT2D eigenvalue weighted by Crippen LogP contribution is 2.26. The quantitative estimate of drug-likeness (QED) is 0.866. The van der Waals surface area contributed by atoms with E-state index in [4.69, 9.17) is 4.74 Å². The van der Waals surface area contributed by atoms with Crippen LogP contribution in [0.3, 0.4) is 0 Å². The number of thiophene rings is 1. The standard InChI is InChI=1S/C10H14BrNO2S/c11-8-1-9(15-3-8)2-12-4-10(5-13)6-14-7-10/h1,3,12-13H,2,4-7H2. The highest BCUT2D eigenvalue weighted by molar-refractivity contribution is 9.10. The minimum absolute atomic E-state index is 0.0332. The zero-order valence-corrected chi connectivity index (χ0v) is 10.7. The molecule has 1 saturated heterocycles. The van der Waals surface area contributed by atoms with Crippen LogP contribution in [0.2, 0.25) is 0 Å². The Bertz CT molecular complexity index is 319. The number of nitrogens with one attached hydrogen (secondary N) is 1. The van der Waals surface area contributed by atoms with Gasteiger partial charge in [-0.25, -0.2) is 0 Å². The summed E-state index contributed by atoms with van der Waals surface area (Å²) in [6, 6.07) is 2.11. The molecule has 1 aliphatic heterocycles. The molecule has 2 heterocycles. The lowest BCUT2D eigenvalue weighted by atomic mass is 9.87. The van der Waals surface area contributed by atoms with E-state index >= 15 is 0 Å². The van der Waals surface area contributed by atoms with Crippen molar-refractivity contribution in [3.8, 4) is 0 Å². The first-order chi connectivity index (χ1) is 7.24. The lowest BCUT2D eigenvalue weighted by Gasteiger charge is -2.39. The third-order valence-electron chi connectivity index (χ3n) is 2.57. The van der Waals surface area contributed by atoms with Crippen LogP contribution in [0.1, 0.15) is 4.88 Å². The number of hydrogen-bond donors (Lipinski definition) is 2. The first-order valence-electron chi connectivity index (χ1n) is 4.86. The third kappa shape index (κ3) is 2.79. The molecule has 15 heavy (non-hydrogen) atoms. The summed E-state index contributed by atoms with van der Waals surface area (Å²) in [4.78, 5) is 1.30. The van der Waals surface area contributed by atoms with Crippen LogP contribution >= 0.6 is 27.3 Å². The maximum atomic E-state index is 9.21. The van der Waals surface area contributed by atoms with Crippen molar-refractivity contribution in [1.29, 1.82) is 0 Å². The normalized spacial score (nSPS) is 18.8. The van der Waals surface area contributed by atoms with Gasteiger partial charge in [-0.15, -0.1) is 11.3 Å². The van der Waals surface area contributed by atoms with Crippen LogP contribution < -0.4 is 5.32 Å². The van der Waals surface area contributed by atoms with E-state index in [1.807, 2.05) is 0 Å². The van der Waals surface area contributed by atoms with Gasteiger partial charge in [0.05, 0.1) is 25.2 Å². The van der Waals surface area contributed by atoms with E-state index in [0.29, 0.717) is 13.2 Å². The van der Waals surface area contributed by atoms with Crippen LogP contribution in [0.5, 0.6) is 0 Å². The van der Waals surface area contributed by atoms with Gasteiger partial charge in [0.25, 0.3) is 0 Å². The lowest BCUT2D eigenvalue weighted by molar-refractivity contribution is -0.134. The zero-order valence-electron chi connectivity index (χ0n) is 8.33. The van der Waals surface area contributed by atoms with Crippen LogP contribution in [0.4, 0.5) is 0 Å². The molecular weight excluding hydrogens is 278 g/mol. The maximum Gasteiger partial charge on any atom is 0.0579 e. The first kappa shape index (κ1) is 11.5. The molecule has 2 rings (SSSR count). The molecule has 1 aliphatic rings. The van der Waals surface area contributed by atoms with Crippen molar-refractivity contribution in [3.63, 3.8) is 0 Å². The molecule has 0 unspecified atom stereocenters. The van der Waals surface area contributed by atoms with Gasteiger partial charge in [-0.05, 0) is 22.0 Å². The Morgan fingerprint density at radius 2 is 2.40 bits per heavy atom. The van der Waals surface area contributed by atoms with Gasteiger partial charge < -0.3 is 15.2 Å². The molecule has 0 amide bonds. The van der Waals surface area contributed by atoms with Crippen molar-refractivity contribution in [2.24, 2.45) is 5.41 Å². The minimum Gasteiger partial charge on any atom is -0.396 e. The molecule has 1 aromatic heterocycles. The van der Waals surface area contributed by atoms with E-state index in [1.54, 1.807) is 11.3 Å². The van der Waals surface area contributed by atoms with Crippen LogP contribution in [0, 0.1) is 5.41 Å². The lowest BCUT2D eigenvalue weighted by Crippen LogP contribution is -2.52. The van der Waals surface area contributed by atoms with Gasteiger partial charge in [0, 0.05) is 27.8 Å². The van der Waals surface area contributed by atoms with E-state index in [9.17, 15) is 5.11 Å². The summed E-state index contributed by atoms with van der Waals surface area (Å²) in [5, 5.41) is 14.6. The van der Waals surface area contributed by atoms with Crippen LogP contribution in [0.25, 0.3) is 0 Å². The molecular formula is C10H14BrNO2S. The molecule has 0 radical (unpaired) electrons. The summed E-state index contributed by atoms with van der Waals surface area (Å²) in [5.41, 5.74) is -0.0332. The summed E-state index contributed by atoms with van der Waals surface area (Å²) in [5.74, 6) is 0. The average Bonchev–Trinajstić information content (AvgIpc) is 2.56. The molecule has 5 heteroatoms. The van der Waals surface area contributed by atoms with Crippen LogP contribution in [0.15, 0.2) is 15.9 Å². The molecule has 0 spiro atoms.